The molecule has 0 saturated carbocycles. The highest BCUT2D eigenvalue weighted by Gasteiger charge is 2.24. The Morgan fingerprint density at radius 3 is 2.67 bits per heavy atom. The number of anilines is 4. The summed E-state index contributed by atoms with van der Waals surface area (Å²) in [5.74, 6) is 2.17. The SMILES string of the molecule is C=CC(=O)Nc1cccc(Oc2nc(Nc3ccc(N4CCP(C)(=O)CC4)cc3)nc3c2SCC3)c1. The summed E-state index contributed by atoms with van der Waals surface area (Å²) in [7, 11) is -1.95. The Kier molecular flexibility index (Phi) is 7.03. The highest BCUT2D eigenvalue weighted by Crippen LogP contribution is 2.44. The van der Waals surface area contributed by atoms with Gasteiger partial charge < -0.3 is 24.8 Å². The topological polar surface area (TPSA) is 96.5 Å². The van der Waals surface area contributed by atoms with E-state index in [1.54, 1.807) is 23.9 Å². The zero-order chi connectivity index (χ0) is 25.1. The van der Waals surface area contributed by atoms with Crippen molar-refractivity contribution in [2.24, 2.45) is 0 Å². The molecule has 1 amide bonds. The third kappa shape index (κ3) is 5.74. The zero-order valence-corrected chi connectivity index (χ0v) is 21.8. The molecule has 0 spiro atoms. The molecule has 0 unspecified atom stereocenters. The summed E-state index contributed by atoms with van der Waals surface area (Å²) in [5.41, 5.74) is 3.57. The van der Waals surface area contributed by atoms with Crippen molar-refractivity contribution < 1.29 is 14.1 Å². The van der Waals surface area contributed by atoms with Gasteiger partial charge in [0, 0.05) is 60.7 Å². The fraction of sp³-hybridized carbons (Fsp3) is 0.269. The predicted octanol–water partition coefficient (Wildman–Crippen LogP) is 5.60. The summed E-state index contributed by atoms with van der Waals surface area (Å²) in [6.07, 6.45) is 3.60. The molecule has 36 heavy (non-hydrogen) atoms. The Bertz CT molecular complexity index is 1340. The van der Waals surface area contributed by atoms with Crippen LogP contribution in [0.5, 0.6) is 11.6 Å². The highest BCUT2D eigenvalue weighted by atomic mass is 32.2. The van der Waals surface area contributed by atoms with Crippen molar-refractivity contribution in [3.05, 3.63) is 66.9 Å². The summed E-state index contributed by atoms with van der Waals surface area (Å²) in [5, 5.41) is 6.05. The number of ether oxygens (including phenoxy) is 1. The lowest BCUT2D eigenvalue weighted by Crippen LogP contribution is -2.34. The van der Waals surface area contributed by atoms with Crippen molar-refractivity contribution in [1.82, 2.24) is 9.97 Å². The van der Waals surface area contributed by atoms with Crippen molar-refractivity contribution in [2.45, 2.75) is 11.3 Å². The molecule has 5 rings (SSSR count). The van der Waals surface area contributed by atoms with Crippen LogP contribution in [-0.4, -0.2) is 53.7 Å². The molecular weight excluding hydrogens is 493 g/mol. The molecule has 3 heterocycles. The lowest BCUT2D eigenvalue weighted by molar-refractivity contribution is -0.111. The van der Waals surface area contributed by atoms with Gasteiger partial charge in [-0.2, -0.15) is 4.98 Å². The Labute approximate surface area is 214 Å². The first-order chi connectivity index (χ1) is 17.4. The van der Waals surface area contributed by atoms with Gasteiger partial charge in [0.25, 0.3) is 0 Å². The van der Waals surface area contributed by atoms with E-state index in [0.717, 1.165) is 59.6 Å². The van der Waals surface area contributed by atoms with Crippen molar-refractivity contribution in [3.63, 3.8) is 0 Å². The summed E-state index contributed by atoms with van der Waals surface area (Å²) in [6.45, 7) is 7.04. The molecule has 0 radical (unpaired) electrons. The number of aryl methyl sites for hydroxylation is 1. The average Bonchev–Trinajstić information content (AvgIpc) is 3.34. The number of fused-ring (bicyclic) bond motifs is 1. The van der Waals surface area contributed by atoms with Gasteiger partial charge in [0.05, 0.1) is 17.7 Å². The largest absolute Gasteiger partial charge is 0.438 e. The minimum absolute atomic E-state index is 0.284. The first-order valence-electron chi connectivity index (χ1n) is 11.8. The molecule has 2 aliphatic rings. The van der Waals surface area contributed by atoms with Crippen LogP contribution < -0.4 is 20.3 Å². The minimum Gasteiger partial charge on any atom is -0.438 e. The molecular formula is C26H28N5O3PS. The summed E-state index contributed by atoms with van der Waals surface area (Å²) in [6, 6.07) is 15.3. The van der Waals surface area contributed by atoms with Crippen molar-refractivity contribution in [2.75, 3.05) is 53.4 Å². The molecule has 2 aliphatic heterocycles. The van der Waals surface area contributed by atoms with Crippen LogP contribution in [0, 0.1) is 0 Å². The standard InChI is InChI=1S/C26H28N5O3PS/c1-3-23(32)27-19-5-4-6-21(17-19)34-25-24-22(11-16-36-24)29-26(30-25)28-18-7-9-20(10-8-18)31-12-14-35(2,33)15-13-31/h3-10,17H,1,11-16H2,2H3,(H,27,32)(H,28,29,30). The van der Waals surface area contributed by atoms with Crippen LogP contribution in [0.3, 0.4) is 0 Å². The quantitative estimate of drug-likeness (QED) is 0.307. The fourth-order valence-electron chi connectivity index (χ4n) is 4.14. The molecule has 0 aliphatic carbocycles. The lowest BCUT2D eigenvalue weighted by atomic mass is 10.2. The van der Waals surface area contributed by atoms with Crippen LogP contribution in [0.15, 0.2) is 66.1 Å². The van der Waals surface area contributed by atoms with E-state index in [1.165, 1.54) is 6.08 Å². The van der Waals surface area contributed by atoms with Crippen LogP contribution in [0.4, 0.5) is 23.0 Å². The van der Waals surface area contributed by atoms with E-state index in [4.69, 9.17) is 9.72 Å². The van der Waals surface area contributed by atoms with Gasteiger partial charge in [0.1, 0.15) is 5.75 Å². The Morgan fingerprint density at radius 2 is 1.92 bits per heavy atom. The van der Waals surface area contributed by atoms with Crippen molar-refractivity contribution >= 4 is 47.8 Å². The Balaban J connectivity index is 1.32. The number of thioether (sulfide) groups is 1. The number of carbonyl (C=O) groups is 1. The smallest absolute Gasteiger partial charge is 0.247 e. The predicted molar refractivity (Wildman–Crippen MR) is 147 cm³/mol. The highest BCUT2D eigenvalue weighted by molar-refractivity contribution is 7.99. The second-order valence-corrected chi connectivity index (χ2v) is 13.5. The number of hydrogen-bond acceptors (Lipinski definition) is 8. The maximum atomic E-state index is 12.3. The van der Waals surface area contributed by atoms with E-state index in [9.17, 15) is 9.36 Å². The van der Waals surface area contributed by atoms with Gasteiger partial charge in [-0.25, -0.2) is 4.98 Å². The van der Waals surface area contributed by atoms with E-state index in [2.05, 4.69) is 39.2 Å². The third-order valence-electron chi connectivity index (χ3n) is 6.17. The number of nitrogens with one attached hydrogen (secondary N) is 2. The van der Waals surface area contributed by atoms with E-state index >= 15 is 0 Å². The lowest BCUT2D eigenvalue weighted by Gasteiger charge is -2.32. The number of carbonyl (C=O) groups excluding carboxylic acids is 1. The average molecular weight is 522 g/mol. The monoisotopic (exact) mass is 521 g/mol. The molecule has 1 saturated heterocycles. The molecule has 10 heteroatoms. The van der Waals surface area contributed by atoms with Crippen LogP contribution in [-0.2, 0) is 15.8 Å². The number of aromatic nitrogens is 2. The van der Waals surface area contributed by atoms with Gasteiger partial charge in [-0.1, -0.05) is 12.6 Å². The van der Waals surface area contributed by atoms with Crippen LogP contribution in [0.2, 0.25) is 0 Å². The third-order valence-corrected chi connectivity index (χ3v) is 9.57. The van der Waals surface area contributed by atoms with Gasteiger partial charge in [-0.15, -0.1) is 11.8 Å². The van der Waals surface area contributed by atoms with Crippen molar-refractivity contribution in [3.8, 4) is 11.6 Å². The first-order valence-corrected chi connectivity index (χ1v) is 15.3. The fourth-order valence-corrected chi connectivity index (χ4v) is 6.71. The number of hydrogen-bond donors (Lipinski definition) is 2. The second-order valence-electron chi connectivity index (χ2n) is 8.95. The van der Waals surface area contributed by atoms with Crippen LogP contribution >= 0.6 is 18.9 Å². The minimum atomic E-state index is -1.95. The summed E-state index contributed by atoms with van der Waals surface area (Å²) >= 11 is 1.68. The normalized spacial score (nSPS) is 16.2. The number of nitrogens with zero attached hydrogens (tertiary/aromatic N) is 3. The van der Waals surface area contributed by atoms with E-state index in [1.807, 2.05) is 30.9 Å². The molecule has 2 aromatic carbocycles. The number of amides is 1. The van der Waals surface area contributed by atoms with E-state index < -0.39 is 7.14 Å². The second kappa shape index (κ2) is 10.4. The number of rotatable bonds is 7. The number of benzene rings is 2. The van der Waals surface area contributed by atoms with Gasteiger partial charge in [0.15, 0.2) is 0 Å². The molecule has 1 aromatic heterocycles. The molecule has 8 nitrogen and oxygen atoms in total. The molecule has 186 valence electrons. The Morgan fingerprint density at radius 1 is 1.14 bits per heavy atom. The zero-order valence-electron chi connectivity index (χ0n) is 20.1. The molecule has 1 fully saturated rings. The molecule has 0 atom stereocenters. The van der Waals surface area contributed by atoms with Gasteiger partial charge in [0.2, 0.25) is 17.7 Å². The Hall–Kier alpha value is -3.29. The van der Waals surface area contributed by atoms with E-state index in [0.29, 0.717) is 23.3 Å². The van der Waals surface area contributed by atoms with Gasteiger partial charge >= 0.3 is 0 Å². The maximum Gasteiger partial charge on any atom is 0.247 e. The summed E-state index contributed by atoms with van der Waals surface area (Å²) < 4.78 is 18.4. The van der Waals surface area contributed by atoms with Gasteiger partial charge in [-0.05, 0) is 49.1 Å². The van der Waals surface area contributed by atoms with Crippen molar-refractivity contribution in [1.29, 1.82) is 0 Å². The van der Waals surface area contributed by atoms with E-state index in [-0.39, 0.29) is 5.91 Å². The molecule has 0 bridgehead atoms. The first kappa shape index (κ1) is 24.4. The summed E-state index contributed by atoms with van der Waals surface area (Å²) in [4.78, 5) is 24.2. The molecule has 2 N–H and O–H groups in total. The van der Waals surface area contributed by atoms with Crippen LogP contribution in [0.25, 0.3) is 0 Å². The maximum absolute atomic E-state index is 12.3. The van der Waals surface area contributed by atoms with Gasteiger partial charge in [-0.3, -0.25) is 4.79 Å². The van der Waals surface area contributed by atoms with Crippen LogP contribution in [0.1, 0.15) is 5.69 Å². The molecule has 3 aromatic rings.